The molecule has 0 aromatic heterocycles. The van der Waals surface area contributed by atoms with Gasteiger partial charge in [0.15, 0.2) is 0 Å². The summed E-state index contributed by atoms with van der Waals surface area (Å²) in [7, 11) is 1.79. The van der Waals surface area contributed by atoms with E-state index >= 15 is 0 Å². The first kappa shape index (κ1) is 15.3. The van der Waals surface area contributed by atoms with Crippen LogP contribution in [0.2, 0.25) is 0 Å². The first-order chi connectivity index (χ1) is 9.63. The maximum absolute atomic E-state index is 12.3. The summed E-state index contributed by atoms with van der Waals surface area (Å²) < 4.78 is 5.30. The topological polar surface area (TPSA) is 87.7 Å². The van der Waals surface area contributed by atoms with Crippen LogP contribution in [-0.2, 0) is 14.3 Å². The second-order valence-electron chi connectivity index (χ2n) is 5.76. The molecular formula is C14H24N2O4. The highest BCUT2D eigenvalue weighted by atomic mass is 16.5. The highest BCUT2D eigenvalue weighted by molar-refractivity contribution is 5.85. The zero-order valence-corrected chi connectivity index (χ0v) is 11.9. The van der Waals surface area contributed by atoms with Crippen molar-refractivity contribution < 1.29 is 19.4 Å². The van der Waals surface area contributed by atoms with Crippen molar-refractivity contribution in [1.29, 1.82) is 0 Å². The van der Waals surface area contributed by atoms with Crippen LogP contribution >= 0.6 is 0 Å². The van der Waals surface area contributed by atoms with E-state index < -0.39 is 12.0 Å². The number of hydrogen-bond acceptors (Lipinski definition) is 4. The number of likely N-dealkylation sites (N-methyl/N-ethyl adjacent to an activating group) is 1. The van der Waals surface area contributed by atoms with Gasteiger partial charge in [-0.05, 0) is 25.8 Å². The SMILES string of the molecule is CNC1COCC1C(=O)NC(C(=O)O)C1CCCCC1. The summed E-state index contributed by atoms with van der Waals surface area (Å²) >= 11 is 0. The molecule has 1 saturated heterocycles. The number of carbonyl (C=O) groups excluding carboxylic acids is 1. The summed E-state index contributed by atoms with van der Waals surface area (Å²) in [4.78, 5) is 23.7. The highest BCUT2D eigenvalue weighted by Gasteiger charge is 2.37. The number of amides is 1. The summed E-state index contributed by atoms with van der Waals surface area (Å²) in [6.07, 6.45) is 5.03. The number of hydrogen-bond donors (Lipinski definition) is 3. The third-order valence-corrected chi connectivity index (χ3v) is 4.47. The Balaban J connectivity index is 1.96. The van der Waals surface area contributed by atoms with Gasteiger partial charge in [-0.1, -0.05) is 19.3 Å². The number of rotatable bonds is 5. The standard InChI is InChI=1S/C14H24N2O4/c1-15-11-8-20-7-10(11)13(17)16-12(14(18)19)9-5-3-2-4-6-9/h9-12,15H,2-8H2,1H3,(H,16,17)(H,18,19). The fourth-order valence-corrected chi connectivity index (χ4v) is 3.21. The van der Waals surface area contributed by atoms with Crippen LogP contribution in [0.4, 0.5) is 0 Å². The molecule has 3 unspecified atom stereocenters. The lowest BCUT2D eigenvalue weighted by Gasteiger charge is -2.29. The summed E-state index contributed by atoms with van der Waals surface area (Å²) in [5, 5.41) is 15.2. The third kappa shape index (κ3) is 3.49. The van der Waals surface area contributed by atoms with Crippen LogP contribution < -0.4 is 10.6 Å². The molecule has 1 saturated carbocycles. The first-order valence-electron chi connectivity index (χ1n) is 7.41. The minimum atomic E-state index is -0.926. The normalized spacial score (nSPS) is 29.1. The van der Waals surface area contributed by atoms with E-state index in [1.54, 1.807) is 7.05 Å². The summed E-state index contributed by atoms with van der Waals surface area (Å²) in [5.41, 5.74) is 0. The number of carboxylic acid groups (broad SMARTS) is 1. The van der Waals surface area contributed by atoms with Crippen molar-refractivity contribution in [3.05, 3.63) is 0 Å². The molecule has 0 radical (unpaired) electrons. The molecule has 114 valence electrons. The molecule has 1 amide bonds. The van der Waals surface area contributed by atoms with Crippen molar-refractivity contribution in [1.82, 2.24) is 10.6 Å². The maximum Gasteiger partial charge on any atom is 0.326 e. The maximum atomic E-state index is 12.3. The minimum Gasteiger partial charge on any atom is -0.480 e. The molecule has 0 spiro atoms. The van der Waals surface area contributed by atoms with E-state index in [-0.39, 0.29) is 23.8 Å². The molecule has 1 aliphatic carbocycles. The Morgan fingerprint density at radius 3 is 2.50 bits per heavy atom. The van der Waals surface area contributed by atoms with Crippen molar-refractivity contribution >= 4 is 11.9 Å². The largest absolute Gasteiger partial charge is 0.480 e. The molecule has 3 atom stereocenters. The number of carboxylic acids is 1. The van der Waals surface area contributed by atoms with Gasteiger partial charge >= 0.3 is 5.97 Å². The summed E-state index contributed by atoms with van der Waals surface area (Å²) in [6.45, 7) is 0.851. The van der Waals surface area contributed by atoms with E-state index in [2.05, 4.69) is 10.6 Å². The number of ether oxygens (including phenoxy) is 1. The molecule has 2 aliphatic rings. The lowest BCUT2D eigenvalue weighted by molar-refractivity contribution is -0.144. The predicted molar refractivity (Wildman–Crippen MR) is 73.3 cm³/mol. The molecule has 20 heavy (non-hydrogen) atoms. The molecule has 0 bridgehead atoms. The minimum absolute atomic E-state index is 0.0317. The molecular weight excluding hydrogens is 260 g/mol. The van der Waals surface area contributed by atoms with E-state index in [9.17, 15) is 14.7 Å². The van der Waals surface area contributed by atoms with Crippen LogP contribution in [0.3, 0.4) is 0 Å². The summed E-state index contributed by atoms with van der Waals surface area (Å²) in [6, 6.07) is -0.795. The molecule has 6 nitrogen and oxygen atoms in total. The molecule has 6 heteroatoms. The Bertz CT molecular complexity index is 355. The van der Waals surface area contributed by atoms with E-state index in [0.29, 0.717) is 13.2 Å². The van der Waals surface area contributed by atoms with E-state index in [0.717, 1.165) is 32.1 Å². The van der Waals surface area contributed by atoms with Crippen molar-refractivity contribution in [3.8, 4) is 0 Å². The number of nitrogens with one attached hydrogen (secondary N) is 2. The molecule has 1 heterocycles. The Labute approximate surface area is 119 Å². The van der Waals surface area contributed by atoms with Crippen molar-refractivity contribution in [2.45, 2.75) is 44.2 Å². The van der Waals surface area contributed by atoms with Gasteiger partial charge in [0.1, 0.15) is 6.04 Å². The van der Waals surface area contributed by atoms with Crippen LogP contribution in [0.25, 0.3) is 0 Å². The monoisotopic (exact) mass is 284 g/mol. The van der Waals surface area contributed by atoms with Crippen molar-refractivity contribution in [2.24, 2.45) is 11.8 Å². The second-order valence-corrected chi connectivity index (χ2v) is 5.76. The van der Waals surface area contributed by atoms with Gasteiger partial charge in [0.25, 0.3) is 0 Å². The van der Waals surface area contributed by atoms with Crippen LogP contribution in [0.1, 0.15) is 32.1 Å². The number of aliphatic carboxylic acids is 1. The number of carbonyl (C=O) groups is 2. The molecule has 0 aromatic carbocycles. The average molecular weight is 284 g/mol. The van der Waals surface area contributed by atoms with E-state index in [1.807, 2.05) is 0 Å². The van der Waals surface area contributed by atoms with E-state index in [4.69, 9.17) is 4.74 Å². The van der Waals surface area contributed by atoms with Gasteiger partial charge in [-0.25, -0.2) is 4.79 Å². The van der Waals surface area contributed by atoms with Crippen LogP contribution in [0.5, 0.6) is 0 Å². The zero-order chi connectivity index (χ0) is 14.5. The van der Waals surface area contributed by atoms with Gasteiger partial charge in [0.05, 0.1) is 19.1 Å². The van der Waals surface area contributed by atoms with Gasteiger partial charge in [0.2, 0.25) is 5.91 Å². The Morgan fingerprint density at radius 2 is 1.90 bits per heavy atom. The summed E-state index contributed by atoms with van der Waals surface area (Å²) in [5.74, 6) is -1.38. The smallest absolute Gasteiger partial charge is 0.326 e. The molecule has 1 aliphatic heterocycles. The van der Waals surface area contributed by atoms with Crippen LogP contribution in [0, 0.1) is 11.8 Å². The Morgan fingerprint density at radius 1 is 1.20 bits per heavy atom. The Hall–Kier alpha value is -1.14. The molecule has 3 N–H and O–H groups in total. The third-order valence-electron chi connectivity index (χ3n) is 4.47. The van der Waals surface area contributed by atoms with Crippen molar-refractivity contribution in [3.63, 3.8) is 0 Å². The van der Waals surface area contributed by atoms with Gasteiger partial charge in [-0.3, -0.25) is 4.79 Å². The van der Waals surface area contributed by atoms with Gasteiger partial charge in [-0.2, -0.15) is 0 Å². The first-order valence-corrected chi connectivity index (χ1v) is 7.41. The molecule has 2 fully saturated rings. The highest BCUT2D eigenvalue weighted by Crippen LogP contribution is 2.27. The van der Waals surface area contributed by atoms with Crippen molar-refractivity contribution in [2.75, 3.05) is 20.3 Å². The average Bonchev–Trinajstić information content (AvgIpc) is 2.93. The van der Waals surface area contributed by atoms with Gasteiger partial charge in [0, 0.05) is 6.04 Å². The fourth-order valence-electron chi connectivity index (χ4n) is 3.21. The van der Waals surface area contributed by atoms with Gasteiger partial charge in [-0.15, -0.1) is 0 Å². The molecule has 0 aromatic rings. The quantitative estimate of drug-likeness (QED) is 0.679. The molecule has 2 rings (SSSR count). The lowest BCUT2D eigenvalue weighted by atomic mass is 9.83. The predicted octanol–water partition coefficient (Wildman–Crippen LogP) is 0.370. The Kier molecular flexibility index (Phi) is 5.37. The lowest BCUT2D eigenvalue weighted by Crippen LogP contribution is -2.51. The van der Waals surface area contributed by atoms with Crippen LogP contribution in [-0.4, -0.2) is 49.3 Å². The fraction of sp³-hybridized carbons (Fsp3) is 0.857. The van der Waals surface area contributed by atoms with Crippen LogP contribution in [0.15, 0.2) is 0 Å². The second kappa shape index (κ2) is 7.04. The van der Waals surface area contributed by atoms with Gasteiger partial charge < -0.3 is 20.5 Å². The zero-order valence-electron chi connectivity index (χ0n) is 11.9. The van der Waals surface area contributed by atoms with E-state index in [1.165, 1.54) is 0 Å².